The van der Waals surface area contributed by atoms with Crippen LogP contribution in [0.25, 0.3) is 0 Å². The Morgan fingerprint density at radius 3 is 2.62 bits per heavy atom. The molecule has 0 unspecified atom stereocenters. The molecule has 32 heavy (non-hydrogen) atoms. The summed E-state index contributed by atoms with van der Waals surface area (Å²) in [7, 11) is -2.10. The Bertz CT molecular complexity index is 1180. The second-order valence-electron chi connectivity index (χ2n) is 7.49. The summed E-state index contributed by atoms with van der Waals surface area (Å²) < 4.78 is 32.1. The maximum Gasteiger partial charge on any atom is 0.312 e. The zero-order valence-corrected chi connectivity index (χ0v) is 19.5. The summed E-state index contributed by atoms with van der Waals surface area (Å²) >= 11 is 0. The molecule has 2 heterocycles. The minimum Gasteiger partial charge on any atom is -0.407 e. The van der Waals surface area contributed by atoms with E-state index in [-0.39, 0.29) is 40.5 Å². The number of rotatable bonds is 8. The number of hydrogen-bond acceptors (Lipinski definition) is 8. The fraction of sp³-hybridized carbons (Fsp3) is 0.455. The predicted molar refractivity (Wildman–Crippen MR) is 118 cm³/mol. The van der Waals surface area contributed by atoms with E-state index >= 15 is 0 Å². The fourth-order valence-corrected chi connectivity index (χ4v) is 5.25. The lowest BCUT2D eigenvalue weighted by molar-refractivity contribution is -0.135. The van der Waals surface area contributed by atoms with Gasteiger partial charge in [0.25, 0.3) is 0 Å². The topological polar surface area (TPSA) is 117 Å². The smallest absolute Gasteiger partial charge is 0.312 e. The molecule has 2 aromatic rings. The number of aromatic nitrogens is 2. The summed E-state index contributed by atoms with van der Waals surface area (Å²) in [6.45, 7) is 5.89. The lowest BCUT2D eigenvalue weighted by Gasteiger charge is -2.21. The highest BCUT2D eigenvalue weighted by atomic mass is 32.2. The van der Waals surface area contributed by atoms with Gasteiger partial charge in [0.15, 0.2) is 15.6 Å². The number of sulfone groups is 1. The zero-order valence-electron chi connectivity index (χ0n) is 18.7. The van der Waals surface area contributed by atoms with Crippen LogP contribution in [-0.2, 0) is 26.0 Å². The van der Waals surface area contributed by atoms with Crippen LogP contribution >= 0.6 is 0 Å². The van der Waals surface area contributed by atoms with Crippen LogP contribution in [0.3, 0.4) is 0 Å². The van der Waals surface area contributed by atoms with Crippen molar-refractivity contribution in [2.24, 2.45) is 5.16 Å². The van der Waals surface area contributed by atoms with Crippen molar-refractivity contribution < 1.29 is 27.6 Å². The zero-order chi connectivity index (χ0) is 23.5. The van der Waals surface area contributed by atoms with Crippen molar-refractivity contribution in [3.63, 3.8) is 0 Å². The number of ketones is 1. The van der Waals surface area contributed by atoms with Crippen LogP contribution in [-0.4, -0.2) is 48.5 Å². The van der Waals surface area contributed by atoms with Gasteiger partial charge in [-0.2, -0.15) is 5.10 Å². The molecule has 0 atom stereocenters. The molecule has 10 heteroatoms. The summed E-state index contributed by atoms with van der Waals surface area (Å²) in [5, 5.41) is 8.16. The first-order valence-electron chi connectivity index (χ1n) is 10.5. The number of ether oxygens (including phenoxy) is 1. The standard InChI is InChI=1S/C22H27N3O6S/c1-5-7-8-19(26)31-22-16(13-23-25(22)6-2)21(27)15-9-10-18-20(14(15)3)17(24-30-4)11-12-32(18,28)29/h9-10,13H,5-8,11-12H2,1-4H3. The fourth-order valence-electron chi connectivity index (χ4n) is 3.71. The monoisotopic (exact) mass is 461 g/mol. The number of unbranched alkanes of at least 4 members (excludes halogenated alkanes) is 1. The summed E-state index contributed by atoms with van der Waals surface area (Å²) in [6.07, 6.45) is 3.33. The third-order valence-corrected chi connectivity index (χ3v) is 7.14. The van der Waals surface area contributed by atoms with Crippen molar-refractivity contribution in [2.75, 3.05) is 12.9 Å². The first-order chi connectivity index (χ1) is 15.2. The average molecular weight is 462 g/mol. The molecule has 0 bridgehead atoms. The van der Waals surface area contributed by atoms with Gasteiger partial charge < -0.3 is 9.57 Å². The summed E-state index contributed by atoms with van der Waals surface area (Å²) in [4.78, 5) is 30.7. The van der Waals surface area contributed by atoms with Crippen molar-refractivity contribution in [3.8, 4) is 5.88 Å². The lowest BCUT2D eigenvalue weighted by atomic mass is 9.93. The Balaban J connectivity index is 2.08. The number of nitrogens with zero attached hydrogens (tertiary/aromatic N) is 3. The van der Waals surface area contributed by atoms with Crippen molar-refractivity contribution in [1.29, 1.82) is 0 Å². The summed E-state index contributed by atoms with van der Waals surface area (Å²) in [5.41, 5.74) is 1.75. The Morgan fingerprint density at radius 1 is 1.22 bits per heavy atom. The third kappa shape index (κ3) is 4.45. The van der Waals surface area contributed by atoms with Crippen LogP contribution in [0.5, 0.6) is 5.88 Å². The molecular formula is C22H27N3O6S. The molecule has 0 radical (unpaired) electrons. The highest BCUT2D eigenvalue weighted by Crippen LogP contribution is 2.32. The molecule has 0 amide bonds. The van der Waals surface area contributed by atoms with Crippen molar-refractivity contribution in [3.05, 3.63) is 40.6 Å². The number of carbonyl (C=O) groups excluding carboxylic acids is 2. The number of carbonyl (C=O) groups is 2. The van der Waals surface area contributed by atoms with Gasteiger partial charge >= 0.3 is 5.97 Å². The minimum atomic E-state index is -3.49. The van der Waals surface area contributed by atoms with E-state index in [2.05, 4.69) is 10.3 Å². The number of oxime groups is 1. The second-order valence-corrected chi connectivity index (χ2v) is 9.56. The molecule has 0 saturated heterocycles. The SMILES string of the molecule is CCCCC(=O)Oc1c(C(=O)c2ccc3c(c2C)C(=NOC)CCS3(=O)=O)cnn1CC. The molecule has 0 N–H and O–H groups in total. The van der Waals surface area contributed by atoms with Gasteiger partial charge in [-0.1, -0.05) is 18.5 Å². The molecule has 1 aliphatic heterocycles. The van der Waals surface area contributed by atoms with E-state index in [1.54, 1.807) is 6.92 Å². The molecular weight excluding hydrogens is 434 g/mol. The highest BCUT2D eigenvalue weighted by Gasteiger charge is 2.32. The number of hydrogen-bond donors (Lipinski definition) is 0. The van der Waals surface area contributed by atoms with E-state index < -0.39 is 21.6 Å². The van der Waals surface area contributed by atoms with Gasteiger partial charge in [-0.15, -0.1) is 0 Å². The number of esters is 1. The van der Waals surface area contributed by atoms with E-state index in [4.69, 9.17) is 9.57 Å². The summed E-state index contributed by atoms with van der Waals surface area (Å²) in [6, 6.07) is 2.90. The molecule has 3 rings (SSSR count). The van der Waals surface area contributed by atoms with Gasteiger partial charge in [0.1, 0.15) is 12.7 Å². The Kier molecular flexibility index (Phi) is 7.12. The van der Waals surface area contributed by atoms with E-state index in [1.165, 1.54) is 30.1 Å². The van der Waals surface area contributed by atoms with Crippen molar-refractivity contribution in [2.45, 2.75) is 57.9 Å². The van der Waals surface area contributed by atoms with Gasteiger partial charge in [0.05, 0.1) is 22.6 Å². The first-order valence-corrected chi connectivity index (χ1v) is 12.2. The van der Waals surface area contributed by atoms with E-state index in [0.717, 1.165) is 6.42 Å². The van der Waals surface area contributed by atoms with Crippen LogP contribution in [0, 0.1) is 6.92 Å². The van der Waals surface area contributed by atoms with Gasteiger partial charge in [-0.3, -0.25) is 9.59 Å². The van der Waals surface area contributed by atoms with Gasteiger partial charge in [0.2, 0.25) is 5.88 Å². The van der Waals surface area contributed by atoms with Gasteiger partial charge in [-0.25, -0.2) is 13.1 Å². The maximum absolute atomic E-state index is 13.5. The van der Waals surface area contributed by atoms with E-state index in [0.29, 0.717) is 29.8 Å². The van der Waals surface area contributed by atoms with Gasteiger partial charge in [-0.05, 0) is 38.0 Å². The number of aryl methyl sites for hydroxylation is 1. The van der Waals surface area contributed by atoms with Crippen molar-refractivity contribution in [1.82, 2.24) is 9.78 Å². The minimum absolute atomic E-state index is 0.0734. The van der Waals surface area contributed by atoms with Crippen LogP contribution in [0.4, 0.5) is 0 Å². The van der Waals surface area contributed by atoms with Crippen LogP contribution in [0.1, 0.15) is 66.6 Å². The largest absolute Gasteiger partial charge is 0.407 e. The Hall–Kier alpha value is -3.01. The molecule has 0 fully saturated rings. The van der Waals surface area contributed by atoms with Crippen LogP contribution < -0.4 is 4.74 Å². The molecule has 0 saturated carbocycles. The molecule has 1 aromatic carbocycles. The molecule has 0 spiro atoms. The highest BCUT2D eigenvalue weighted by molar-refractivity contribution is 7.91. The average Bonchev–Trinajstić information content (AvgIpc) is 3.16. The maximum atomic E-state index is 13.5. The molecule has 1 aliphatic rings. The molecule has 0 aliphatic carbocycles. The lowest BCUT2D eigenvalue weighted by Crippen LogP contribution is -2.24. The quantitative estimate of drug-likeness (QED) is 0.337. The molecule has 172 valence electrons. The molecule has 1 aromatic heterocycles. The van der Waals surface area contributed by atoms with Crippen LogP contribution in [0.2, 0.25) is 0 Å². The first kappa shape index (κ1) is 23.6. The van der Waals surface area contributed by atoms with Crippen LogP contribution in [0.15, 0.2) is 28.4 Å². The van der Waals surface area contributed by atoms with Crippen molar-refractivity contribution >= 4 is 27.3 Å². The van der Waals surface area contributed by atoms with E-state index in [9.17, 15) is 18.0 Å². The number of fused-ring (bicyclic) bond motifs is 1. The summed E-state index contributed by atoms with van der Waals surface area (Å²) in [5.74, 6) is -0.827. The normalized spacial score (nSPS) is 15.9. The Labute approximate surface area is 187 Å². The second kappa shape index (κ2) is 9.64. The predicted octanol–water partition coefficient (Wildman–Crippen LogP) is 3.07. The number of benzene rings is 1. The Morgan fingerprint density at radius 2 is 1.97 bits per heavy atom. The third-order valence-electron chi connectivity index (χ3n) is 5.38. The van der Waals surface area contributed by atoms with Gasteiger partial charge in [0, 0.05) is 30.5 Å². The van der Waals surface area contributed by atoms with E-state index in [1.807, 2.05) is 13.8 Å². The molecule has 9 nitrogen and oxygen atoms in total.